The van der Waals surface area contributed by atoms with Gasteiger partial charge in [-0.15, -0.1) is 0 Å². The molecule has 2 heterocycles. The Morgan fingerprint density at radius 3 is 3.11 bits per heavy atom. The second kappa shape index (κ2) is 4.71. The predicted molar refractivity (Wildman–Crippen MR) is 71.7 cm³/mol. The SMILES string of the molecule is CCn1c(C2CNCCO2)nc2cc(C)ccc21. The number of nitrogens with zero attached hydrogens (tertiary/aromatic N) is 2. The summed E-state index contributed by atoms with van der Waals surface area (Å²) >= 11 is 0. The maximum Gasteiger partial charge on any atom is 0.140 e. The molecule has 18 heavy (non-hydrogen) atoms. The Balaban J connectivity index is 2.09. The lowest BCUT2D eigenvalue weighted by Crippen LogP contribution is -2.34. The summed E-state index contributed by atoms with van der Waals surface area (Å²) in [6, 6.07) is 6.43. The smallest absolute Gasteiger partial charge is 0.140 e. The van der Waals surface area contributed by atoms with Gasteiger partial charge < -0.3 is 14.6 Å². The van der Waals surface area contributed by atoms with Crippen molar-refractivity contribution in [3.05, 3.63) is 29.6 Å². The fourth-order valence-corrected chi connectivity index (χ4v) is 2.57. The molecule has 0 bridgehead atoms. The highest BCUT2D eigenvalue weighted by molar-refractivity contribution is 5.77. The molecule has 1 aliphatic heterocycles. The van der Waals surface area contributed by atoms with E-state index < -0.39 is 0 Å². The maximum absolute atomic E-state index is 5.82. The third-order valence-electron chi connectivity index (χ3n) is 3.47. The van der Waals surface area contributed by atoms with Crippen LogP contribution in [-0.2, 0) is 11.3 Å². The first-order valence-electron chi connectivity index (χ1n) is 6.58. The molecule has 1 saturated heterocycles. The van der Waals surface area contributed by atoms with Crippen LogP contribution >= 0.6 is 0 Å². The molecule has 1 unspecified atom stereocenters. The summed E-state index contributed by atoms with van der Waals surface area (Å²) in [7, 11) is 0. The van der Waals surface area contributed by atoms with Gasteiger partial charge in [0.1, 0.15) is 11.9 Å². The zero-order valence-electron chi connectivity index (χ0n) is 10.9. The van der Waals surface area contributed by atoms with E-state index in [4.69, 9.17) is 9.72 Å². The lowest BCUT2D eigenvalue weighted by Gasteiger charge is -2.23. The van der Waals surface area contributed by atoms with E-state index in [1.54, 1.807) is 0 Å². The van der Waals surface area contributed by atoms with Crippen molar-refractivity contribution in [2.45, 2.75) is 26.5 Å². The fourth-order valence-electron chi connectivity index (χ4n) is 2.57. The van der Waals surface area contributed by atoms with E-state index in [-0.39, 0.29) is 6.10 Å². The molecular weight excluding hydrogens is 226 g/mol. The van der Waals surface area contributed by atoms with Crippen molar-refractivity contribution in [3.8, 4) is 0 Å². The number of benzene rings is 1. The summed E-state index contributed by atoms with van der Waals surface area (Å²) in [6.45, 7) is 7.72. The van der Waals surface area contributed by atoms with Crippen molar-refractivity contribution in [2.24, 2.45) is 0 Å². The monoisotopic (exact) mass is 245 g/mol. The van der Waals surface area contributed by atoms with E-state index in [0.717, 1.165) is 37.6 Å². The molecule has 1 fully saturated rings. The van der Waals surface area contributed by atoms with Gasteiger partial charge in [0.25, 0.3) is 0 Å². The number of aryl methyl sites for hydroxylation is 2. The Kier molecular flexibility index (Phi) is 3.06. The topological polar surface area (TPSA) is 39.1 Å². The number of hydrogen-bond acceptors (Lipinski definition) is 3. The average Bonchev–Trinajstić information content (AvgIpc) is 2.77. The number of fused-ring (bicyclic) bond motifs is 1. The minimum atomic E-state index is 0.0754. The van der Waals surface area contributed by atoms with Gasteiger partial charge in [0.2, 0.25) is 0 Å². The van der Waals surface area contributed by atoms with E-state index in [2.05, 4.69) is 41.9 Å². The summed E-state index contributed by atoms with van der Waals surface area (Å²) in [5.74, 6) is 1.05. The highest BCUT2D eigenvalue weighted by atomic mass is 16.5. The summed E-state index contributed by atoms with van der Waals surface area (Å²) < 4.78 is 8.08. The molecule has 1 aromatic heterocycles. The number of hydrogen-bond donors (Lipinski definition) is 1. The van der Waals surface area contributed by atoms with Crippen molar-refractivity contribution in [1.82, 2.24) is 14.9 Å². The second-order valence-electron chi connectivity index (χ2n) is 4.77. The normalized spacial score (nSPS) is 20.4. The Morgan fingerprint density at radius 2 is 2.39 bits per heavy atom. The summed E-state index contributed by atoms with van der Waals surface area (Å²) in [4.78, 5) is 4.77. The lowest BCUT2D eigenvalue weighted by atomic mass is 10.2. The Bertz CT molecular complexity index is 555. The van der Waals surface area contributed by atoms with Crippen LogP contribution in [0.25, 0.3) is 11.0 Å². The van der Waals surface area contributed by atoms with E-state index in [1.807, 2.05) is 0 Å². The van der Waals surface area contributed by atoms with Crippen LogP contribution in [0.2, 0.25) is 0 Å². The third kappa shape index (κ3) is 1.91. The fraction of sp³-hybridized carbons (Fsp3) is 0.500. The van der Waals surface area contributed by atoms with Crippen LogP contribution in [0.3, 0.4) is 0 Å². The Morgan fingerprint density at radius 1 is 1.50 bits per heavy atom. The van der Waals surface area contributed by atoms with Crippen molar-refractivity contribution in [3.63, 3.8) is 0 Å². The van der Waals surface area contributed by atoms with Gasteiger partial charge in [0, 0.05) is 19.6 Å². The van der Waals surface area contributed by atoms with Gasteiger partial charge in [-0.1, -0.05) is 6.07 Å². The van der Waals surface area contributed by atoms with Gasteiger partial charge in [-0.05, 0) is 31.5 Å². The molecule has 0 amide bonds. The standard InChI is InChI=1S/C14H19N3O/c1-3-17-12-5-4-10(2)8-11(12)16-14(17)13-9-15-6-7-18-13/h4-5,8,13,15H,3,6-7,9H2,1-2H3. The van der Waals surface area contributed by atoms with E-state index in [0.29, 0.717) is 0 Å². The zero-order valence-corrected chi connectivity index (χ0v) is 10.9. The average molecular weight is 245 g/mol. The maximum atomic E-state index is 5.82. The molecule has 1 atom stereocenters. The van der Waals surface area contributed by atoms with Crippen molar-refractivity contribution in [2.75, 3.05) is 19.7 Å². The van der Waals surface area contributed by atoms with E-state index >= 15 is 0 Å². The Labute approximate surface area is 107 Å². The molecule has 3 rings (SSSR count). The first kappa shape index (κ1) is 11.7. The van der Waals surface area contributed by atoms with Crippen molar-refractivity contribution >= 4 is 11.0 Å². The number of nitrogens with one attached hydrogen (secondary N) is 1. The van der Waals surface area contributed by atoms with Crippen LogP contribution < -0.4 is 5.32 Å². The van der Waals surface area contributed by atoms with Gasteiger partial charge in [-0.25, -0.2) is 4.98 Å². The number of aromatic nitrogens is 2. The first-order valence-corrected chi connectivity index (χ1v) is 6.58. The molecule has 0 spiro atoms. The Hall–Kier alpha value is -1.39. The van der Waals surface area contributed by atoms with Crippen LogP contribution in [0.1, 0.15) is 24.4 Å². The minimum Gasteiger partial charge on any atom is -0.368 e. The van der Waals surface area contributed by atoms with Gasteiger partial charge in [-0.2, -0.15) is 0 Å². The first-order chi connectivity index (χ1) is 8.79. The lowest BCUT2D eigenvalue weighted by molar-refractivity contribution is 0.0204. The minimum absolute atomic E-state index is 0.0754. The van der Waals surface area contributed by atoms with Gasteiger partial charge in [-0.3, -0.25) is 0 Å². The quantitative estimate of drug-likeness (QED) is 0.880. The molecule has 1 N–H and O–H groups in total. The molecule has 4 heteroatoms. The highest BCUT2D eigenvalue weighted by Crippen LogP contribution is 2.24. The molecule has 0 radical (unpaired) electrons. The molecule has 1 aromatic carbocycles. The summed E-state index contributed by atoms with van der Waals surface area (Å²) in [5, 5.41) is 3.36. The number of imidazole rings is 1. The van der Waals surface area contributed by atoms with Crippen LogP contribution in [0.4, 0.5) is 0 Å². The van der Waals surface area contributed by atoms with Crippen LogP contribution in [0.5, 0.6) is 0 Å². The predicted octanol–water partition coefficient (Wildman–Crippen LogP) is 2.03. The van der Waals surface area contributed by atoms with E-state index in [1.165, 1.54) is 11.1 Å². The number of morpholine rings is 1. The van der Waals surface area contributed by atoms with Crippen LogP contribution in [0, 0.1) is 6.92 Å². The van der Waals surface area contributed by atoms with Gasteiger partial charge in [0.05, 0.1) is 17.6 Å². The van der Waals surface area contributed by atoms with Gasteiger partial charge >= 0.3 is 0 Å². The third-order valence-corrected chi connectivity index (χ3v) is 3.47. The van der Waals surface area contributed by atoms with Crippen LogP contribution in [-0.4, -0.2) is 29.2 Å². The number of rotatable bonds is 2. The molecule has 2 aromatic rings. The van der Waals surface area contributed by atoms with E-state index in [9.17, 15) is 0 Å². The molecule has 1 aliphatic rings. The largest absolute Gasteiger partial charge is 0.368 e. The van der Waals surface area contributed by atoms with Gasteiger partial charge in [0.15, 0.2) is 0 Å². The van der Waals surface area contributed by atoms with Crippen molar-refractivity contribution < 1.29 is 4.74 Å². The highest BCUT2D eigenvalue weighted by Gasteiger charge is 2.22. The molecular formula is C14H19N3O. The zero-order chi connectivity index (χ0) is 12.5. The number of ether oxygens (including phenoxy) is 1. The second-order valence-corrected chi connectivity index (χ2v) is 4.77. The molecule has 96 valence electrons. The molecule has 4 nitrogen and oxygen atoms in total. The van der Waals surface area contributed by atoms with Crippen LogP contribution in [0.15, 0.2) is 18.2 Å². The molecule has 0 aliphatic carbocycles. The molecule has 0 saturated carbocycles. The van der Waals surface area contributed by atoms with Crippen molar-refractivity contribution in [1.29, 1.82) is 0 Å². The summed E-state index contributed by atoms with van der Waals surface area (Å²) in [6.07, 6.45) is 0.0754. The summed E-state index contributed by atoms with van der Waals surface area (Å²) in [5.41, 5.74) is 3.52.